The molecule has 0 aliphatic heterocycles. The minimum Gasteiger partial charge on any atom is -0.496 e. The van der Waals surface area contributed by atoms with Crippen molar-refractivity contribution in [1.82, 2.24) is 4.90 Å². The topological polar surface area (TPSA) is 12.5 Å². The number of rotatable bonds is 5. The summed E-state index contributed by atoms with van der Waals surface area (Å²) in [6, 6.07) is 8.06. The van der Waals surface area contributed by atoms with Gasteiger partial charge in [-0.1, -0.05) is 18.2 Å². The molecule has 0 radical (unpaired) electrons. The van der Waals surface area contributed by atoms with Crippen molar-refractivity contribution in [3.8, 4) is 5.75 Å². The highest BCUT2D eigenvalue weighted by molar-refractivity contribution is 6.20. The summed E-state index contributed by atoms with van der Waals surface area (Å²) in [7, 11) is 3.76. The van der Waals surface area contributed by atoms with Crippen molar-refractivity contribution in [2.24, 2.45) is 0 Å². The fourth-order valence-electron chi connectivity index (χ4n) is 1.62. The van der Waals surface area contributed by atoms with E-state index in [1.807, 2.05) is 25.1 Å². The smallest absolute Gasteiger partial charge is 0.123 e. The van der Waals surface area contributed by atoms with Crippen LogP contribution in [0.4, 0.5) is 0 Å². The maximum absolute atomic E-state index is 5.94. The van der Waals surface area contributed by atoms with Gasteiger partial charge in [-0.25, -0.2) is 0 Å². The van der Waals surface area contributed by atoms with Crippen LogP contribution in [0, 0.1) is 0 Å². The van der Waals surface area contributed by atoms with E-state index in [2.05, 4.69) is 18.0 Å². The Labute approximate surface area is 96.8 Å². The van der Waals surface area contributed by atoms with Crippen LogP contribution in [0.1, 0.15) is 12.5 Å². The van der Waals surface area contributed by atoms with E-state index in [4.69, 9.17) is 16.3 Å². The predicted molar refractivity (Wildman–Crippen MR) is 64.6 cm³/mol. The molecule has 0 aliphatic carbocycles. The van der Waals surface area contributed by atoms with Crippen LogP contribution in [0.25, 0.3) is 0 Å². The van der Waals surface area contributed by atoms with E-state index in [-0.39, 0.29) is 5.38 Å². The van der Waals surface area contributed by atoms with E-state index in [9.17, 15) is 0 Å². The Bertz CT molecular complexity index is 301. The molecule has 0 fully saturated rings. The Morgan fingerprint density at radius 1 is 1.40 bits per heavy atom. The van der Waals surface area contributed by atoms with Crippen LogP contribution in [0.15, 0.2) is 24.3 Å². The van der Waals surface area contributed by atoms with Gasteiger partial charge < -0.3 is 9.64 Å². The zero-order valence-electron chi connectivity index (χ0n) is 9.53. The molecule has 1 atom stereocenters. The van der Waals surface area contributed by atoms with E-state index < -0.39 is 0 Å². The zero-order valence-corrected chi connectivity index (χ0v) is 10.3. The van der Waals surface area contributed by atoms with E-state index in [1.54, 1.807) is 7.11 Å². The maximum Gasteiger partial charge on any atom is 0.123 e. The largest absolute Gasteiger partial charge is 0.496 e. The van der Waals surface area contributed by atoms with Crippen LogP contribution < -0.4 is 4.74 Å². The molecule has 3 heteroatoms. The highest BCUT2D eigenvalue weighted by Gasteiger charge is 2.07. The van der Waals surface area contributed by atoms with Gasteiger partial charge in [0.05, 0.1) is 7.11 Å². The van der Waals surface area contributed by atoms with Crippen LogP contribution in [0.5, 0.6) is 5.75 Å². The zero-order chi connectivity index (χ0) is 11.3. The monoisotopic (exact) mass is 227 g/mol. The van der Waals surface area contributed by atoms with Crippen LogP contribution in [0.3, 0.4) is 0 Å². The maximum atomic E-state index is 5.94. The van der Waals surface area contributed by atoms with Gasteiger partial charge in [-0.3, -0.25) is 0 Å². The molecule has 2 nitrogen and oxygen atoms in total. The summed E-state index contributed by atoms with van der Waals surface area (Å²) in [4.78, 5) is 2.19. The highest BCUT2D eigenvalue weighted by Crippen LogP contribution is 2.18. The molecule has 0 saturated carbocycles. The lowest BCUT2D eigenvalue weighted by Gasteiger charge is -2.19. The molecule has 0 N–H and O–H groups in total. The number of methoxy groups -OCH3 is 1. The third-order valence-corrected chi connectivity index (χ3v) is 2.33. The molecular formula is C12H18ClNO. The summed E-state index contributed by atoms with van der Waals surface area (Å²) < 4.78 is 5.29. The quantitative estimate of drug-likeness (QED) is 0.718. The standard InChI is InChI=1S/C12H18ClNO/c1-10(13)8-14(2)9-11-6-4-5-7-12(11)15-3/h4-7,10H,8-9H2,1-3H3. The lowest BCUT2D eigenvalue weighted by Crippen LogP contribution is -2.24. The van der Waals surface area contributed by atoms with E-state index >= 15 is 0 Å². The second-order valence-electron chi connectivity index (χ2n) is 3.79. The van der Waals surface area contributed by atoms with Crippen LogP contribution >= 0.6 is 11.6 Å². The lowest BCUT2D eigenvalue weighted by atomic mass is 10.2. The Hall–Kier alpha value is -0.730. The van der Waals surface area contributed by atoms with Gasteiger partial charge >= 0.3 is 0 Å². The first kappa shape index (κ1) is 12.3. The molecule has 84 valence electrons. The number of nitrogens with zero attached hydrogens (tertiary/aromatic N) is 1. The lowest BCUT2D eigenvalue weighted by molar-refractivity contribution is 0.320. The molecule has 1 aromatic carbocycles. The molecule has 1 rings (SSSR count). The number of ether oxygens (including phenoxy) is 1. The molecule has 1 aromatic rings. The normalized spacial score (nSPS) is 12.9. The van der Waals surface area contributed by atoms with Gasteiger partial charge in [0.15, 0.2) is 0 Å². The van der Waals surface area contributed by atoms with Gasteiger partial charge in [-0.15, -0.1) is 11.6 Å². The average Bonchev–Trinajstić information content (AvgIpc) is 2.17. The van der Waals surface area contributed by atoms with E-state index in [0.717, 1.165) is 18.8 Å². The first-order valence-corrected chi connectivity index (χ1v) is 5.51. The minimum atomic E-state index is 0.171. The second-order valence-corrected chi connectivity index (χ2v) is 4.53. The second kappa shape index (κ2) is 5.99. The van der Waals surface area contributed by atoms with Crippen molar-refractivity contribution in [3.63, 3.8) is 0 Å². The summed E-state index contributed by atoms with van der Waals surface area (Å²) in [6.07, 6.45) is 0. The average molecular weight is 228 g/mol. The van der Waals surface area contributed by atoms with Crippen LogP contribution in [-0.2, 0) is 6.54 Å². The van der Waals surface area contributed by atoms with Gasteiger partial charge in [-0.2, -0.15) is 0 Å². The third kappa shape index (κ3) is 4.10. The number of hydrogen-bond acceptors (Lipinski definition) is 2. The molecule has 0 aromatic heterocycles. The van der Waals surface area contributed by atoms with Crippen molar-refractivity contribution in [3.05, 3.63) is 29.8 Å². The highest BCUT2D eigenvalue weighted by atomic mass is 35.5. The van der Waals surface area contributed by atoms with E-state index in [0.29, 0.717) is 0 Å². The van der Waals surface area contributed by atoms with Gasteiger partial charge in [0.25, 0.3) is 0 Å². The van der Waals surface area contributed by atoms with Crippen molar-refractivity contribution >= 4 is 11.6 Å². The van der Waals surface area contributed by atoms with Gasteiger partial charge in [0.2, 0.25) is 0 Å². The SMILES string of the molecule is COc1ccccc1CN(C)CC(C)Cl. The van der Waals surface area contributed by atoms with Crippen LogP contribution in [-0.4, -0.2) is 31.0 Å². The van der Waals surface area contributed by atoms with Crippen molar-refractivity contribution in [2.45, 2.75) is 18.8 Å². The Balaban J connectivity index is 2.63. The molecule has 0 spiro atoms. The third-order valence-electron chi connectivity index (χ3n) is 2.20. The molecule has 1 unspecified atom stereocenters. The first-order valence-electron chi connectivity index (χ1n) is 5.08. The molecule has 0 aliphatic rings. The molecule has 0 heterocycles. The number of hydrogen-bond donors (Lipinski definition) is 0. The number of para-hydroxylation sites is 1. The Morgan fingerprint density at radius 3 is 2.67 bits per heavy atom. The van der Waals surface area contributed by atoms with Gasteiger partial charge in [-0.05, 0) is 20.0 Å². The Kier molecular flexibility index (Phi) is 4.92. The molecule has 0 bridgehead atoms. The summed E-state index contributed by atoms with van der Waals surface area (Å²) in [5.74, 6) is 0.937. The van der Waals surface area contributed by atoms with E-state index in [1.165, 1.54) is 5.56 Å². The van der Waals surface area contributed by atoms with Crippen LogP contribution in [0.2, 0.25) is 0 Å². The fraction of sp³-hybridized carbons (Fsp3) is 0.500. The van der Waals surface area contributed by atoms with Gasteiger partial charge in [0.1, 0.15) is 5.75 Å². The summed E-state index contributed by atoms with van der Waals surface area (Å²) >= 11 is 5.94. The van der Waals surface area contributed by atoms with Crippen molar-refractivity contribution < 1.29 is 4.74 Å². The predicted octanol–water partition coefficient (Wildman–Crippen LogP) is 2.75. The summed E-state index contributed by atoms with van der Waals surface area (Å²) in [5.41, 5.74) is 1.19. The van der Waals surface area contributed by atoms with Gasteiger partial charge in [0, 0.05) is 24.0 Å². The minimum absolute atomic E-state index is 0.171. The van der Waals surface area contributed by atoms with Crippen molar-refractivity contribution in [1.29, 1.82) is 0 Å². The number of alkyl halides is 1. The molecule has 15 heavy (non-hydrogen) atoms. The Morgan fingerprint density at radius 2 is 2.07 bits per heavy atom. The fourth-order valence-corrected chi connectivity index (χ4v) is 1.85. The summed E-state index contributed by atoms with van der Waals surface area (Å²) in [5, 5.41) is 0.171. The van der Waals surface area contributed by atoms with Crippen molar-refractivity contribution in [2.75, 3.05) is 20.7 Å². The molecular weight excluding hydrogens is 210 g/mol. The first-order chi connectivity index (χ1) is 7.13. The number of benzene rings is 1. The summed E-state index contributed by atoms with van der Waals surface area (Å²) in [6.45, 7) is 3.74. The molecule has 0 saturated heterocycles. The molecule has 0 amide bonds. The number of halogens is 1.